The lowest BCUT2D eigenvalue weighted by Crippen LogP contribution is -2.41. The Kier molecular flexibility index (Phi) is 4.87. The third kappa shape index (κ3) is 4.14. The van der Waals surface area contributed by atoms with Crippen molar-refractivity contribution in [2.45, 2.75) is 45.8 Å². The molecule has 0 bridgehead atoms. The fourth-order valence-electron chi connectivity index (χ4n) is 2.33. The Morgan fingerprint density at radius 2 is 1.89 bits per heavy atom. The molecule has 4 atom stereocenters. The first-order chi connectivity index (χ1) is 8.62. The summed E-state index contributed by atoms with van der Waals surface area (Å²) in [7, 11) is 0. The van der Waals surface area contributed by atoms with E-state index < -0.39 is 24.0 Å². The van der Waals surface area contributed by atoms with Crippen LogP contribution < -0.4 is 11.5 Å². The number of aliphatic hydroxyl groups is 1. The van der Waals surface area contributed by atoms with Crippen molar-refractivity contribution in [3.05, 3.63) is 12.2 Å². The summed E-state index contributed by atoms with van der Waals surface area (Å²) in [4.78, 5) is 23.2. The molecule has 5 N–H and O–H groups in total. The number of rotatable bonds is 4. The summed E-state index contributed by atoms with van der Waals surface area (Å²) in [6.07, 6.45) is 3.39. The topological polar surface area (TPSA) is 106 Å². The van der Waals surface area contributed by atoms with Gasteiger partial charge in [0, 0.05) is 5.92 Å². The van der Waals surface area contributed by atoms with E-state index in [1.807, 2.05) is 20.8 Å². The van der Waals surface area contributed by atoms with Crippen molar-refractivity contribution in [2.24, 2.45) is 28.7 Å². The Morgan fingerprint density at radius 1 is 1.32 bits per heavy atom. The first-order valence-corrected chi connectivity index (χ1v) is 6.58. The summed E-state index contributed by atoms with van der Waals surface area (Å²) in [6, 6.07) is -0.581. The van der Waals surface area contributed by atoms with E-state index >= 15 is 0 Å². The summed E-state index contributed by atoms with van der Waals surface area (Å²) in [5.41, 5.74) is 10.8. The zero-order valence-corrected chi connectivity index (χ0v) is 11.8. The summed E-state index contributed by atoms with van der Waals surface area (Å²) in [5.74, 6) is -1.18. The Morgan fingerprint density at radius 3 is 2.37 bits per heavy atom. The van der Waals surface area contributed by atoms with Crippen LogP contribution in [0.1, 0.15) is 33.6 Å². The van der Waals surface area contributed by atoms with Gasteiger partial charge in [-0.1, -0.05) is 26.8 Å². The Bertz CT molecular complexity index is 385. The van der Waals surface area contributed by atoms with Gasteiger partial charge in [0.15, 0.2) is 5.78 Å². The van der Waals surface area contributed by atoms with Crippen LogP contribution in [0.25, 0.3) is 0 Å². The number of carbonyl (C=O) groups excluding carboxylic acids is 2. The zero-order chi connectivity index (χ0) is 14.8. The van der Waals surface area contributed by atoms with Crippen LogP contribution >= 0.6 is 0 Å². The number of amides is 1. The highest BCUT2D eigenvalue weighted by Gasteiger charge is 2.35. The van der Waals surface area contributed by atoms with Crippen LogP contribution in [-0.4, -0.2) is 28.9 Å². The molecule has 1 saturated carbocycles. The standard InChI is InChI=1S/C14H24N2O3/c1-14(2,3)12(15)11(18)5-4-8-6-9(17)7-10(8)13(16)19/h4-5,8-10,12,17H,6-7,15H2,1-3H3,(H2,16,19)/b5-4+/t8?,9-,10+,12+/m0/s1. The smallest absolute Gasteiger partial charge is 0.221 e. The van der Waals surface area contributed by atoms with Crippen molar-refractivity contribution in [3.8, 4) is 0 Å². The predicted octanol–water partition coefficient (Wildman–Crippen LogP) is 0.358. The van der Waals surface area contributed by atoms with Gasteiger partial charge in [0.25, 0.3) is 0 Å². The van der Waals surface area contributed by atoms with Crippen molar-refractivity contribution in [3.63, 3.8) is 0 Å². The summed E-state index contributed by atoms with van der Waals surface area (Å²) >= 11 is 0. The first kappa shape index (κ1) is 15.9. The summed E-state index contributed by atoms with van der Waals surface area (Å²) in [5, 5.41) is 9.57. The molecule has 5 heteroatoms. The molecular formula is C14H24N2O3. The lowest BCUT2D eigenvalue weighted by atomic mass is 9.84. The molecule has 0 heterocycles. The number of primary amides is 1. The van der Waals surface area contributed by atoms with E-state index in [-0.39, 0.29) is 17.1 Å². The molecule has 0 radical (unpaired) electrons. The van der Waals surface area contributed by atoms with Crippen molar-refractivity contribution < 1.29 is 14.7 Å². The SMILES string of the molecule is CC(C)(C)[C@H](N)C(=O)/C=C/C1C[C@H](O)C[C@H]1C(N)=O. The van der Waals surface area contributed by atoms with Gasteiger partial charge in [0.05, 0.1) is 12.1 Å². The molecule has 0 aromatic carbocycles. The number of hydrogen-bond donors (Lipinski definition) is 3. The largest absolute Gasteiger partial charge is 0.393 e. The maximum absolute atomic E-state index is 11.9. The molecule has 1 aliphatic carbocycles. The van der Waals surface area contributed by atoms with Crippen LogP contribution in [0.5, 0.6) is 0 Å². The van der Waals surface area contributed by atoms with E-state index in [0.717, 1.165) is 0 Å². The predicted molar refractivity (Wildman–Crippen MR) is 73.0 cm³/mol. The van der Waals surface area contributed by atoms with Crippen LogP contribution in [0.15, 0.2) is 12.2 Å². The Labute approximate surface area is 114 Å². The lowest BCUT2D eigenvalue weighted by molar-refractivity contribution is -0.122. The fraction of sp³-hybridized carbons (Fsp3) is 0.714. The van der Waals surface area contributed by atoms with Gasteiger partial charge >= 0.3 is 0 Å². The first-order valence-electron chi connectivity index (χ1n) is 6.58. The van der Waals surface area contributed by atoms with Crippen LogP contribution in [0.2, 0.25) is 0 Å². The molecule has 0 spiro atoms. The highest BCUT2D eigenvalue weighted by Crippen LogP contribution is 2.33. The minimum absolute atomic E-state index is 0.169. The molecule has 0 aromatic heterocycles. The van der Waals surface area contributed by atoms with E-state index in [1.165, 1.54) is 6.08 Å². The van der Waals surface area contributed by atoms with E-state index in [0.29, 0.717) is 12.8 Å². The van der Waals surface area contributed by atoms with Gasteiger partial charge in [-0.3, -0.25) is 9.59 Å². The van der Waals surface area contributed by atoms with Gasteiger partial charge in [0.1, 0.15) is 0 Å². The molecule has 0 aromatic rings. The van der Waals surface area contributed by atoms with E-state index in [9.17, 15) is 14.7 Å². The average Bonchev–Trinajstić information content (AvgIpc) is 2.65. The monoisotopic (exact) mass is 268 g/mol. The Balaban J connectivity index is 2.70. The molecule has 108 valence electrons. The number of hydrogen-bond acceptors (Lipinski definition) is 4. The second-order valence-electron chi connectivity index (χ2n) is 6.40. The molecular weight excluding hydrogens is 244 g/mol. The van der Waals surface area contributed by atoms with E-state index in [4.69, 9.17) is 11.5 Å². The van der Waals surface area contributed by atoms with Gasteiger partial charge < -0.3 is 16.6 Å². The van der Waals surface area contributed by atoms with Gasteiger partial charge in [-0.05, 0) is 30.3 Å². The number of carbonyl (C=O) groups is 2. The van der Waals surface area contributed by atoms with Crippen LogP contribution in [0, 0.1) is 17.3 Å². The summed E-state index contributed by atoms with van der Waals surface area (Å²) < 4.78 is 0. The molecule has 1 rings (SSSR count). The molecule has 5 nitrogen and oxygen atoms in total. The van der Waals surface area contributed by atoms with Crippen molar-refractivity contribution in [1.29, 1.82) is 0 Å². The number of ketones is 1. The van der Waals surface area contributed by atoms with Crippen molar-refractivity contribution in [1.82, 2.24) is 0 Å². The highest BCUT2D eigenvalue weighted by molar-refractivity contribution is 5.94. The third-order valence-corrected chi connectivity index (χ3v) is 3.70. The van der Waals surface area contributed by atoms with E-state index in [1.54, 1.807) is 6.08 Å². The molecule has 1 unspecified atom stereocenters. The van der Waals surface area contributed by atoms with Crippen molar-refractivity contribution >= 4 is 11.7 Å². The molecule has 0 saturated heterocycles. The van der Waals surface area contributed by atoms with Crippen molar-refractivity contribution in [2.75, 3.05) is 0 Å². The van der Waals surface area contributed by atoms with Gasteiger partial charge in [-0.25, -0.2) is 0 Å². The maximum Gasteiger partial charge on any atom is 0.221 e. The van der Waals surface area contributed by atoms with Crippen LogP contribution in [0.3, 0.4) is 0 Å². The number of aliphatic hydroxyl groups excluding tert-OH is 1. The average molecular weight is 268 g/mol. The fourth-order valence-corrected chi connectivity index (χ4v) is 2.33. The molecule has 1 amide bonds. The zero-order valence-electron chi connectivity index (χ0n) is 11.8. The van der Waals surface area contributed by atoms with Gasteiger partial charge in [-0.15, -0.1) is 0 Å². The second-order valence-corrected chi connectivity index (χ2v) is 6.40. The normalized spacial score (nSPS) is 29.6. The van der Waals surface area contributed by atoms with Gasteiger partial charge in [-0.2, -0.15) is 0 Å². The second kappa shape index (κ2) is 5.84. The summed E-state index contributed by atoms with van der Waals surface area (Å²) in [6.45, 7) is 5.69. The molecule has 1 fully saturated rings. The van der Waals surface area contributed by atoms with Gasteiger partial charge in [0.2, 0.25) is 5.91 Å². The number of nitrogens with two attached hydrogens (primary N) is 2. The third-order valence-electron chi connectivity index (χ3n) is 3.70. The minimum Gasteiger partial charge on any atom is -0.393 e. The maximum atomic E-state index is 11.9. The quantitative estimate of drug-likeness (QED) is 0.640. The molecule has 1 aliphatic rings. The Hall–Kier alpha value is -1.20. The molecule has 0 aliphatic heterocycles. The number of allylic oxidation sites excluding steroid dienone is 1. The molecule has 19 heavy (non-hydrogen) atoms. The lowest BCUT2D eigenvalue weighted by Gasteiger charge is -2.24. The van der Waals surface area contributed by atoms with E-state index in [2.05, 4.69) is 0 Å². The highest BCUT2D eigenvalue weighted by atomic mass is 16.3. The van der Waals surface area contributed by atoms with Crippen LogP contribution in [-0.2, 0) is 9.59 Å². The van der Waals surface area contributed by atoms with Crippen LogP contribution in [0.4, 0.5) is 0 Å². The minimum atomic E-state index is -0.581.